The Hall–Kier alpha value is -3.92. The first-order valence-electron chi connectivity index (χ1n) is 12.2. The molecular weight excluding hydrogens is 432 g/mol. The van der Waals surface area contributed by atoms with Crippen molar-refractivity contribution in [2.45, 2.75) is 23.9 Å². The van der Waals surface area contributed by atoms with Gasteiger partial charge in [-0.25, -0.2) is 9.98 Å². The summed E-state index contributed by atoms with van der Waals surface area (Å²) in [5, 5.41) is 0. The number of nitrogens with zero attached hydrogens (tertiary/aromatic N) is 2. The van der Waals surface area contributed by atoms with E-state index in [9.17, 15) is 0 Å². The van der Waals surface area contributed by atoms with Crippen molar-refractivity contribution in [1.29, 1.82) is 0 Å². The summed E-state index contributed by atoms with van der Waals surface area (Å²) in [5.74, 6) is 1.15. The highest BCUT2D eigenvalue weighted by atomic mass is 16.5. The molecule has 0 spiro atoms. The maximum Gasteiger partial charge on any atom is 0.198 e. The third-order valence-corrected chi connectivity index (χ3v) is 7.13. The summed E-state index contributed by atoms with van der Waals surface area (Å²) in [6, 6.07) is 31.3. The molecule has 3 aliphatic rings. The van der Waals surface area contributed by atoms with E-state index < -0.39 is 5.41 Å². The average Bonchev–Trinajstić information content (AvgIpc) is 3.62. The lowest BCUT2D eigenvalue weighted by Crippen LogP contribution is -2.44. The quantitative estimate of drug-likeness (QED) is 0.427. The minimum Gasteiger partial charge on any atom is -0.478 e. The lowest BCUT2D eigenvalue weighted by Gasteiger charge is -2.38. The predicted octanol–water partition coefficient (Wildman–Crippen LogP) is 6.40. The van der Waals surface area contributed by atoms with Crippen molar-refractivity contribution in [2.24, 2.45) is 15.9 Å². The highest BCUT2D eigenvalue weighted by Gasteiger charge is 2.49. The second-order valence-electron chi connectivity index (χ2n) is 9.24. The van der Waals surface area contributed by atoms with Crippen molar-refractivity contribution in [2.75, 3.05) is 13.2 Å². The zero-order valence-corrected chi connectivity index (χ0v) is 19.5. The van der Waals surface area contributed by atoms with Crippen molar-refractivity contribution in [3.8, 4) is 0 Å². The Labute approximate surface area is 206 Å². The third-order valence-electron chi connectivity index (χ3n) is 7.13. The normalized spacial score (nSPS) is 25.2. The monoisotopic (exact) mass is 460 g/mol. The molecule has 1 unspecified atom stereocenters. The van der Waals surface area contributed by atoms with Gasteiger partial charge < -0.3 is 9.47 Å². The van der Waals surface area contributed by atoms with Crippen LogP contribution in [0.2, 0.25) is 0 Å². The van der Waals surface area contributed by atoms with E-state index in [2.05, 4.69) is 103 Å². The van der Waals surface area contributed by atoms with E-state index in [4.69, 9.17) is 19.5 Å². The molecule has 3 atom stereocenters. The number of aliphatic imine (C=N–C) groups is 2. The molecule has 174 valence electrons. The number of rotatable bonds is 6. The zero-order valence-electron chi connectivity index (χ0n) is 19.5. The predicted molar refractivity (Wildman–Crippen MR) is 140 cm³/mol. The smallest absolute Gasteiger partial charge is 0.198 e. The van der Waals surface area contributed by atoms with Crippen LogP contribution in [0.4, 0.5) is 0 Å². The molecule has 2 aliphatic heterocycles. The summed E-state index contributed by atoms with van der Waals surface area (Å²) in [6.07, 6.45) is 9.53. The molecule has 4 nitrogen and oxygen atoms in total. The maximum atomic E-state index is 6.37. The number of allylic oxidation sites excluding steroid dienone is 4. The molecule has 0 saturated carbocycles. The van der Waals surface area contributed by atoms with E-state index in [0.29, 0.717) is 25.0 Å². The van der Waals surface area contributed by atoms with Crippen LogP contribution in [-0.2, 0) is 14.9 Å². The van der Waals surface area contributed by atoms with Gasteiger partial charge >= 0.3 is 0 Å². The second kappa shape index (κ2) is 9.38. The number of hydrogen-bond acceptors (Lipinski definition) is 4. The third kappa shape index (κ3) is 4.10. The molecule has 35 heavy (non-hydrogen) atoms. The summed E-state index contributed by atoms with van der Waals surface area (Å²) in [4.78, 5) is 10.2. The highest BCUT2D eigenvalue weighted by Crippen LogP contribution is 2.45. The highest BCUT2D eigenvalue weighted by molar-refractivity contribution is 6.04. The van der Waals surface area contributed by atoms with Crippen LogP contribution in [0.15, 0.2) is 125 Å². The fourth-order valence-corrected chi connectivity index (χ4v) is 5.32. The molecule has 6 rings (SSSR count). The zero-order chi connectivity index (χ0) is 23.5. The Kier molecular flexibility index (Phi) is 5.79. The summed E-state index contributed by atoms with van der Waals surface area (Å²) < 4.78 is 12.7. The van der Waals surface area contributed by atoms with Gasteiger partial charge in [-0.2, -0.15) is 0 Å². The van der Waals surface area contributed by atoms with Crippen LogP contribution >= 0.6 is 0 Å². The van der Waals surface area contributed by atoms with E-state index in [-0.39, 0.29) is 18.0 Å². The Balaban J connectivity index is 1.46. The molecule has 3 aromatic rings. The van der Waals surface area contributed by atoms with Gasteiger partial charge in [0, 0.05) is 5.41 Å². The summed E-state index contributed by atoms with van der Waals surface area (Å²) in [6.45, 7) is 1.05. The standard InChI is InChI=1S/C31H28N2O2/c1-5-13-23(14-6-1)26-21-34-29(32-26)28(30-33-27(22-35-30)24-15-7-2-8-16-24)31(19-11-4-12-20-31)25-17-9-3-10-18-25/h1-19,26-28H,20-22H2/t26-,27-,31?/m1/s1. The SMILES string of the molecule is C1=CCC(c2ccccc2)(C(C2=N[C@@H](c3ccccc3)CO2)C2=N[C@@H](c3ccccc3)CO2)C=C1. The fourth-order valence-electron chi connectivity index (χ4n) is 5.32. The molecule has 0 radical (unpaired) electrons. The first kappa shape index (κ1) is 21.6. The Morgan fingerprint density at radius 2 is 1.17 bits per heavy atom. The first-order chi connectivity index (χ1) is 17.3. The molecule has 0 amide bonds. The summed E-state index contributed by atoms with van der Waals surface area (Å²) in [7, 11) is 0. The van der Waals surface area contributed by atoms with E-state index >= 15 is 0 Å². The first-order valence-corrected chi connectivity index (χ1v) is 12.2. The molecule has 0 bridgehead atoms. The lowest BCUT2D eigenvalue weighted by atomic mass is 9.66. The van der Waals surface area contributed by atoms with Crippen molar-refractivity contribution < 1.29 is 9.47 Å². The van der Waals surface area contributed by atoms with Crippen LogP contribution in [0.25, 0.3) is 0 Å². The van der Waals surface area contributed by atoms with Gasteiger partial charge in [-0.15, -0.1) is 0 Å². The number of ether oxygens (including phenoxy) is 2. The molecule has 0 aromatic heterocycles. The molecule has 0 N–H and O–H groups in total. The second-order valence-corrected chi connectivity index (χ2v) is 9.24. The summed E-state index contributed by atoms with van der Waals surface area (Å²) in [5.41, 5.74) is 3.12. The Morgan fingerprint density at radius 3 is 1.66 bits per heavy atom. The van der Waals surface area contributed by atoms with Crippen LogP contribution < -0.4 is 0 Å². The van der Waals surface area contributed by atoms with Crippen LogP contribution in [-0.4, -0.2) is 25.0 Å². The van der Waals surface area contributed by atoms with Gasteiger partial charge in [0.1, 0.15) is 31.2 Å². The topological polar surface area (TPSA) is 43.2 Å². The van der Waals surface area contributed by atoms with E-state index in [0.717, 1.165) is 17.5 Å². The van der Waals surface area contributed by atoms with Gasteiger partial charge in [-0.3, -0.25) is 0 Å². The van der Waals surface area contributed by atoms with Crippen LogP contribution in [0, 0.1) is 5.92 Å². The van der Waals surface area contributed by atoms with Gasteiger partial charge in [0.2, 0.25) is 0 Å². The summed E-state index contributed by atoms with van der Waals surface area (Å²) >= 11 is 0. The Morgan fingerprint density at radius 1 is 0.657 bits per heavy atom. The number of hydrogen-bond donors (Lipinski definition) is 0. The fraction of sp³-hybridized carbons (Fsp3) is 0.226. The molecule has 0 saturated heterocycles. The van der Waals surface area contributed by atoms with Gasteiger partial charge in [-0.05, 0) is 23.1 Å². The Bertz CT molecular complexity index is 1220. The molecule has 4 heteroatoms. The van der Waals surface area contributed by atoms with Crippen molar-refractivity contribution in [3.63, 3.8) is 0 Å². The van der Waals surface area contributed by atoms with E-state index in [1.54, 1.807) is 0 Å². The van der Waals surface area contributed by atoms with Crippen LogP contribution in [0.5, 0.6) is 0 Å². The number of benzene rings is 3. The van der Waals surface area contributed by atoms with Crippen molar-refractivity contribution in [3.05, 3.63) is 132 Å². The van der Waals surface area contributed by atoms with E-state index in [1.807, 2.05) is 12.1 Å². The maximum absolute atomic E-state index is 6.37. The minimum absolute atomic E-state index is 0.0310. The molecule has 3 aromatic carbocycles. The van der Waals surface area contributed by atoms with Crippen molar-refractivity contribution >= 4 is 11.8 Å². The van der Waals surface area contributed by atoms with Gasteiger partial charge in [0.15, 0.2) is 11.8 Å². The molecule has 2 heterocycles. The van der Waals surface area contributed by atoms with Crippen LogP contribution in [0.1, 0.15) is 35.2 Å². The van der Waals surface area contributed by atoms with Gasteiger partial charge in [0.25, 0.3) is 0 Å². The van der Waals surface area contributed by atoms with Gasteiger partial charge in [-0.1, -0.05) is 115 Å². The van der Waals surface area contributed by atoms with Crippen LogP contribution in [0.3, 0.4) is 0 Å². The van der Waals surface area contributed by atoms with Gasteiger partial charge in [0.05, 0.1) is 0 Å². The molecular formula is C31H28N2O2. The minimum atomic E-state index is -0.398. The van der Waals surface area contributed by atoms with Crippen molar-refractivity contribution in [1.82, 2.24) is 0 Å². The average molecular weight is 461 g/mol. The molecule has 1 aliphatic carbocycles. The lowest BCUT2D eigenvalue weighted by molar-refractivity contribution is 0.264. The molecule has 0 fully saturated rings. The van der Waals surface area contributed by atoms with E-state index in [1.165, 1.54) is 5.56 Å². The largest absolute Gasteiger partial charge is 0.478 e.